The third-order valence-corrected chi connectivity index (χ3v) is 6.15. The standard InChI is InChI=1S/C15H15NO6S2/c1-20-14(17)12-13(16-23-15(12)24(2,18)19)22-6-9-3-4-10-7-21-8-11(10)5-9/h3-5H,6-8H2,1-2H3. The molecule has 0 N–H and O–H groups in total. The number of hydrogen-bond acceptors (Lipinski definition) is 8. The van der Waals surface area contributed by atoms with E-state index in [4.69, 9.17) is 9.47 Å². The number of sulfone groups is 1. The van der Waals surface area contributed by atoms with Crippen molar-refractivity contribution in [2.24, 2.45) is 0 Å². The van der Waals surface area contributed by atoms with E-state index in [9.17, 15) is 13.2 Å². The van der Waals surface area contributed by atoms with Gasteiger partial charge in [0.15, 0.2) is 19.6 Å². The minimum absolute atomic E-state index is 0.0379. The molecule has 0 unspecified atom stereocenters. The molecule has 0 atom stereocenters. The van der Waals surface area contributed by atoms with Gasteiger partial charge in [-0.1, -0.05) is 12.1 Å². The summed E-state index contributed by atoms with van der Waals surface area (Å²) in [4.78, 5) is 11.9. The number of methoxy groups -OCH3 is 1. The molecule has 2 heterocycles. The Morgan fingerprint density at radius 3 is 2.79 bits per heavy atom. The van der Waals surface area contributed by atoms with E-state index >= 15 is 0 Å². The number of hydrogen-bond donors (Lipinski definition) is 0. The van der Waals surface area contributed by atoms with Crippen molar-refractivity contribution in [1.29, 1.82) is 0 Å². The van der Waals surface area contributed by atoms with Crippen LogP contribution in [0.5, 0.6) is 5.88 Å². The largest absolute Gasteiger partial charge is 0.472 e. The first-order valence-corrected chi connectivity index (χ1v) is 9.66. The first-order valence-electron chi connectivity index (χ1n) is 6.99. The minimum Gasteiger partial charge on any atom is -0.472 e. The molecular formula is C15H15NO6S2. The number of ether oxygens (including phenoxy) is 3. The first kappa shape index (κ1) is 16.9. The zero-order valence-corrected chi connectivity index (χ0v) is 14.7. The third-order valence-electron chi connectivity index (χ3n) is 3.52. The maximum absolute atomic E-state index is 11.9. The van der Waals surface area contributed by atoms with E-state index in [1.165, 1.54) is 7.11 Å². The average Bonchev–Trinajstić information content (AvgIpc) is 3.17. The summed E-state index contributed by atoms with van der Waals surface area (Å²) in [5.74, 6) is -0.828. The molecule has 24 heavy (non-hydrogen) atoms. The lowest BCUT2D eigenvalue weighted by Crippen LogP contribution is -2.09. The number of carbonyl (C=O) groups is 1. The molecular weight excluding hydrogens is 354 g/mol. The molecule has 0 saturated carbocycles. The van der Waals surface area contributed by atoms with Gasteiger partial charge in [-0.2, -0.15) is 4.37 Å². The lowest BCUT2D eigenvalue weighted by molar-refractivity contribution is 0.0591. The lowest BCUT2D eigenvalue weighted by atomic mass is 10.1. The van der Waals surface area contributed by atoms with Crippen molar-refractivity contribution < 1.29 is 27.4 Å². The molecule has 1 aliphatic heterocycles. The molecule has 0 saturated heterocycles. The zero-order chi connectivity index (χ0) is 17.3. The van der Waals surface area contributed by atoms with Crippen LogP contribution in [0.25, 0.3) is 0 Å². The van der Waals surface area contributed by atoms with Gasteiger partial charge in [0.1, 0.15) is 6.61 Å². The van der Waals surface area contributed by atoms with Crippen LogP contribution in [0.3, 0.4) is 0 Å². The van der Waals surface area contributed by atoms with E-state index in [0.717, 1.165) is 22.9 Å². The maximum Gasteiger partial charge on any atom is 0.345 e. The van der Waals surface area contributed by atoms with Gasteiger partial charge < -0.3 is 14.2 Å². The van der Waals surface area contributed by atoms with Crippen LogP contribution in [0, 0.1) is 0 Å². The first-order chi connectivity index (χ1) is 11.4. The molecule has 1 aliphatic rings. The van der Waals surface area contributed by atoms with Crippen molar-refractivity contribution >= 4 is 27.3 Å². The molecule has 0 aliphatic carbocycles. The van der Waals surface area contributed by atoms with Crippen LogP contribution in [-0.4, -0.2) is 32.1 Å². The van der Waals surface area contributed by atoms with Crippen molar-refractivity contribution in [2.75, 3.05) is 13.4 Å². The fourth-order valence-corrected chi connectivity index (χ4v) is 4.12. The van der Waals surface area contributed by atoms with Gasteiger partial charge in [-0.3, -0.25) is 0 Å². The number of fused-ring (bicyclic) bond motifs is 1. The Balaban J connectivity index is 1.85. The smallest absolute Gasteiger partial charge is 0.345 e. The monoisotopic (exact) mass is 369 g/mol. The molecule has 2 aromatic rings. The highest BCUT2D eigenvalue weighted by atomic mass is 32.2. The van der Waals surface area contributed by atoms with E-state index in [-0.39, 0.29) is 22.3 Å². The second-order valence-electron chi connectivity index (χ2n) is 5.30. The van der Waals surface area contributed by atoms with Crippen molar-refractivity contribution in [3.63, 3.8) is 0 Å². The molecule has 0 radical (unpaired) electrons. The highest BCUT2D eigenvalue weighted by Gasteiger charge is 2.29. The summed E-state index contributed by atoms with van der Waals surface area (Å²) < 4.78 is 42.9. The van der Waals surface area contributed by atoms with Crippen LogP contribution in [0.2, 0.25) is 0 Å². The van der Waals surface area contributed by atoms with Gasteiger partial charge >= 0.3 is 5.97 Å². The highest BCUT2D eigenvalue weighted by molar-refractivity contribution is 7.92. The van der Waals surface area contributed by atoms with Crippen molar-refractivity contribution in [3.8, 4) is 5.88 Å². The van der Waals surface area contributed by atoms with Crippen molar-refractivity contribution in [3.05, 3.63) is 40.5 Å². The van der Waals surface area contributed by atoms with E-state index < -0.39 is 15.8 Å². The van der Waals surface area contributed by atoms with Crippen LogP contribution in [-0.2, 0) is 39.1 Å². The van der Waals surface area contributed by atoms with Crippen LogP contribution < -0.4 is 4.74 Å². The highest BCUT2D eigenvalue weighted by Crippen LogP contribution is 2.31. The van der Waals surface area contributed by atoms with Gasteiger partial charge in [-0.15, -0.1) is 0 Å². The molecule has 3 rings (SSSR count). The normalized spacial score (nSPS) is 13.6. The minimum atomic E-state index is -3.60. The van der Waals surface area contributed by atoms with E-state index in [2.05, 4.69) is 9.11 Å². The fraction of sp³-hybridized carbons (Fsp3) is 0.333. The van der Waals surface area contributed by atoms with Crippen molar-refractivity contribution in [1.82, 2.24) is 4.37 Å². The Hall–Kier alpha value is -1.97. The predicted molar refractivity (Wildman–Crippen MR) is 85.8 cm³/mol. The summed E-state index contributed by atoms with van der Waals surface area (Å²) in [6.45, 7) is 1.32. The zero-order valence-electron chi connectivity index (χ0n) is 13.1. The number of nitrogens with zero attached hydrogens (tertiary/aromatic N) is 1. The molecule has 1 aromatic heterocycles. The van der Waals surface area contributed by atoms with E-state index in [0.29, 0.717) is 24.7 Å². The van der Waals surface area contributed by atoms with Crippen LogP contribution >= 0.6 is 11.5 Å². The summed E-state index contributed by atoms with van der Waals surface area (Å²) in [6.07, 6.45) is 1.01. The Bertz CT molecular complexity index is 887. The van der Waals surface area contributed by atoms with Gasteiger partial charge in [0, 0.05) is 6.26 Å². The number of carbonyl (C=O) groups excluding carboxylic acids is 1. The topological polar surface area (TPSA) is 91.8 Å². The van der Waals surface area contributed by atoms with Crippen LogP contribution in [0.1, 0.15) is 27.0 Å². The number of benzene rings is 1. The second kappa shape index (κ2) is 6.50. The third kappa shape index (κ3) is 3.28. The fourth-order valence-electron chi connectivity index (χ4n) is 2.35. The van der Waals surface area contributed by atoms with Gasteiger partial charge in [0.25, 0.3) is 0 Å². The lowest BCUT2D eigenvalue weighted by Gasteiger charge is -2.07. The molecule has 1 aromatic carbocycles. The van der Waals surface area contributed by atoms with Crippen molar-refractivity contribution in [2.45, 2.75) is 24.0 Å². The molecule has 0 amide bonds. The Labute approximate surface area is 143 Å². The number of rotatable bonds is 5. The number of aromatic nitrogens is 1. The summed E-state index contributed by atoms with van der Waals surface area (Å²) in [5, 5.41) is 0. The Morgan fingerprint density at radius 1 is 1.33 bits per heavy atom. The van der Waals surface area contributed by atoms with Gasteiger partial charge in [0.05, 0.1) is 20.3 Å². The van der Waals surface area contributed by atoms with E-state index in [1.807, 2.05) is 18.2 Å². The molecule has 0 fully saturated rings. The summed E-state index contributed by atoms with van der Waals surface area (Å²) >= 11 is 0.698. The summed E-state index contributed by atoms with van der Waals surface area (Å²) in [7, 11) is -2.42. The Kier molecular flexibility index (Phi) is 4.57. The van der Waals surface area contributed by atoms with E-state index in [1.54, 1.807) is 0 Å². The SMILES string of the molecule is COC(=O)c1c(OCc2ccc3c(c2)COC3)nsc1S(C)(=O)=O. The van der Waals surface area contributed by atoms with Gasteiger partial charge in [0.2, 0.25) is 5.88 Å². The average molecular weight is 369 g/mol. The molecule has 128 valence electrons. The molecule has 9 heteroatoms. The molecule has 0 bridgehead atoms. The quantitative estimate of drug-likeness (QED) is 0.744. The maximum atomic E-state index is 11.9. The number of esters is 1. The summed E-state index contributed by atoms with van der Waals surface area (Å²) in [5.41, 5.74) is 2.96. The van der Waals surface area contributed by atoms with Gasteiger partial charge in [-0.25, -0.2) is 13.2 Å². The summed E-state index contributed by atoms with van der Waals surface area (Å²) in [6, 6.07) is 5.82. The molecule has 7 nitrogen and oxygen atoms in total. The predicted octanol–water partition coefficient (Wildman–Crippen LogP) is 1.94. The second-order valence-corrected chi connectivity index (χ2v) is 8.28. The Morgan fingerprint density at radius 2 is 2.08 bits per heavy atom. The van der Waals surface area contributed by atoms with Crippen LogP contribution in [0.15, 0.2) is 22.4 Å². The van der Waals surface area contributed by atoms with Gasteiger partial charge in [-0.05, 0) is 34.3 Å². The molecule has 0 spiro atoms. The van der Waals surface area contributed by atoms with Crippen LogP contribution in [0.4, 0.5) is 0 Å².